The second kappa shape index (κ2) is 7.82. The molecule has 1 heterocycles. The van der Waals surface area contributed by atoms with Crippen LogP contribution >= 0.6 is 0 Å². The predicted molar refractivity (Wildman–Crippen MR) is 84.7 cm³/mol. The number of nitrogens with zero attached hydrogens (tertiary/aromatic N) is 2. The van der Waals surface area contributed by atoms with Crippen LogP contribution in [0.5, 0.6) is 0 Å². The van der Waals surface area contributed by atoms with Crippen LogP contribution in [0.1, 0.15) is 76.9 Å². The van der Waals surface area contributed by atoms with Crippen molar-refractivity contribution in [1.82, 2.24) is 9.78 Å². The summed E-state index contributed by atoms with van der Waals surface area (Å²) in [5.74, 6) is 0.645. The zero-order valence-electron chi connectivity index (χ0n) is 13.2. The first kappa shape index (κ1) is 15.6. The van der Waals surface area contributed by atoms with E-state index in [0.717, 1.165) is 6.42 Å². The van der Waals surface area contributed by atoms with E-state index in [9.17, 15) is 0 Å². The number of nitrogens with two attached hydrogens (primary N) is 1. The minimum atomic E-state index is 0.262. The molecule has 2 unspecified atom stereocenters. The van der Waals surface area contributed by atoms with Crippen molar-refractivity contribution in [2.24, 2.45) is 11.7 Å². The van der Waals surface area contributed by atoms with Crippen LogP contribution in [0.3, 0.4) is 0 Å². The quantitative estimate of drug-likeness (QED) is 0.778. The minimum absolute atomic E-state index is 0.262. The third kappa shape index (κ3) is 4.08. The van der Waals surface area contributed by atoms with Crippen LogP contribution in [0.15, 0.2) is 12.3 Å². The van der Waals surface area contributed by atoms with Gasteiger partial charge in [0.1, 0.15) is 0 Å². The van der Waals surface area contributed by atoms with Gasteiger partial charge in [0.15, 0.2) is 0 Å². The lowest BCUT2D eigenvalue weighted by molar-refractivity contribution is 0.364. The Labute approximate surface area is 123 Å². The van der Waals surface area contributed by atoms with Crippen molar-refractivity contribution in [2.75, 3.05) is 0 Å². The molecule has 1 aromatic rings. The zero-order chi connectivity index (χ0) is 14.4. The summed E-state index contributed by atoms with van der Waals surface area (Å²) in [6, 6.07) is 3.07. The Bertz CT molecular complexity index is 379. The van der Waals surface area contributed by atoms with Gasteiger partial charge in [-0.05, 0) is 31.2 Å². The highest BCUT2D eigenvalue weighted by Gasteiger charge is 2.20. The number of hydrogen-bond acceptors (Lipinski definition) is 2. The van der Waals surface area contributed by atoms with Crippen LogP contribution < -0.4 is 5.73 Å². The average molecular weight is 277 g/mol. The molecule has 0 aromatic carbocycles. The standard InChI is InChI=1S/C17H31N3/c1-3-5-8-14(4-2)17(18)13-15-11-12-20(19-15)16-9-6-7-10-16/h11-12,14,16-17H,3-10,13,18H2,1-2H3. The van der Waals surface area contributed by atoms with Gasteiger partial charge >= 0.3 is 0 Å². The van der Waals surface area contributed by atoms with Crippen molar-refractivity contribution in [3.63, 3.8) is 0 Å². The summed E-state index contributed by atoms with van der Waals surface area (Å²) in [5, 5.41) is 4.77. The van der Waals surface area contributed by atoms with Crippen LogP contribution in [0.2, 0.25) is 0 Å². The Hall–Kier alpha value is -0.830. The molecule has 2 N–H and O–H groups in total. The molecule has 1 aliphatic rings. The fraction of sp³-hybridized carbons (Fsp3) is 0.824. The molecule has 0 amide bonds. The van der Waals surface area contributed by atoms with Gasteiger partial charge in [-0.25, -0.2) is 0 Å². The third-order valence-corrected chi connectivity index (χ3v) is 4.87. The summed E-state index contributed by atoms with van der Waals surface area (Å²) in [4.78, 5) is 0. The first-order valence-electron chi connectivity index (χ1n) is 8.54. The second-order valence-corrected chi connectivity index (χ2v) is 6.40. The van der Waals surface area contributed by atoms with Crippen LogP contribution in [-0.2, 0) is 6.42 Å². The van der Waals surface area contributed by atoms with Crippen molar-refractivity contribution in [1.29, 1.82) is 0 Å². The SMILES string of the molecule is CCCCC(CC)C(N)Cc1ccn(C2CCCC2)n1. The molecule has 1 aromatic heterocycles. The normalized spacial score (nSPS) is 19.4. The van der Waals surface area contributed by atoms with Gasteiger partial charge in [-0.2, -0.15) is 5.10 Å². The monoisotopic (exact) mass is 277 g/mol. The molecule has 2 atom stereocenters. The number of hydrogen-bond donors (Lipinski definition) is 1. The molecule has 0 aliphatic heterocycles. The highest BCUT2D eigenvalue weighted by atomic mass is 15.3. The van der Waals surface area contributed by atoms with E-state index in [2.05, 4.69) is 30.8 Å². The Morgan fingerprint density at radius 1 is 1.35 bits per heavy atom. The average Bonchev–Trinajstić information content (AvgIpc) is 3.09. The Morgan fingerprint density at radius 2 is 2.10 bits per heavy atom. The molecule has 0 spiro atoms. The highest BCUT2D eigenvalue weighted by molar-refractivity contribution is 5.03. The Morgan fingerprint density at radius 3 is 2.75 bits per heavy atom. The highest BCUT2D eigenvalue weighted by Crippen LogP contribution is 2.29. The lowest BCUT2D eigenvalue weighted by Gasteiger charge is -2.21. The fourth-order valence-electron chi connectivity index (χ4n) is 3.45. The number of aromatic nitrogens is 2. The largest absolute Gasteiger partial charge is 0.327 e. The van der Waals surface area contributed by atoms with E-state index in [4.69, 9.17) is 10.8 Å². The van der Waals surface area contributed by atoms with Crippen molar-refractivity contribution >= 4 is 0 Å². The molecule has 1 fully saturated rings. The van der Waals surface area contributed by atoms with E-state index in [-0.39, 0.29) is 6.04 Å². The van der Waals surface area contributed by atoms with E-state index in [1.165, 1.54) is 57.1 Å². The topological polar surface area (TPSA) is 43.8 Å². The number of rotatable bonds is 8. The van der Waals surface area contributed by atoms with Crippen molar-refractivity contribution < 1.29 is 0 Å². The smallest absolute Gasteiger partial charge is 0.0640 e. The van der Waals surface area contributed by atoms with E-state index >= 15 is 0 Å². The Balaban J connectivity index is 1.88. The lowest BCUT2D eigenvalue weighted by Crippen LogP contribution is -2.32. The van der Waals surface area contributed by atoms with Gasteiger partial charge in [-0.3, -0.25) is 4.68 Å². The van der Waals surface area contributed by atoms with Gasteiger partial charge in [0.05, 0.1) is 11.7 Å². The maximum Gasteiger partial charge on any atom is 0.0640 e. The van der Waals surface area contributed by atoms with E-state index in [0.29, 0.717) is 12.0 Å². The molecule has 1 saturated carbocycles. The van der Waals surface area contributed by atoms with Gasteiger partial charge in [0.25, 0.3) is 0 Å². The summed E-state index contributed by atoms with van der Waals surface area (Å²) in [6.07, 6.45) is 13.4. The Kier molecular flexibility index (Phi) is 6.08. The van der Waals surface area contributed by atoms with Crippen LogP contribution in [-0.4, -0.2) is 15.8 Å². The molecule has 0 bridgehead atoms. The van der Waals surface area contributed by atoms with E-state index < -0.39 is 0 Å². The molecule has 0 radical (unpaired) electrons. The molecule has 2 rings (SSSR count). The van der Waals surface area contributed by atoms with Crippen LogP contribution in [0.25, 0.3) is 0 Å². The van der Waals surface area contributed by atoms with Crippen LogP contribution in [0.4, 0.5) is 0 Å². The summed E-state index contributed by atoms with van der Waals surface area (Å²) >= 11 is 0. The van der Waals surface area contributed by atoms with Crippen molar-refractivity contribution in [2.45, 2.75) is 83.7 Å². The minimum Gasteiger partial charge on any atom is -0.327 e. The number of unbranched alkanes of at least 4 members (excludes halogenated alkanes) is 1. The molecule has 3 nitrogen and oxygen atoms in total. The molecule has 114 valence electrons. The van der Waals surface area contributed by atoms with E-state index in [1.807, 2.05) is 0 Å². The van der Waals surface area contributed by atoms with E-state index in [1.54, 1.807) is 0 Å². The van der Waals surface area contributed by atoms with Crippen molar-refractivity contribution in [3.8, 4) is 0 Å². The fourth-order valence-corrected chi connectivity index (χ4v) is 3.45. The van der Waals surface area contributed by atoms with Gasteiger partial charge in [-0.1, -0.05) is 46.0 Å². The molecule has 20 heavy (non-hydrogen) atoms. The molecular formula is C17H31N3. The first-order chi connectivity index (χ1) is 9.74. The molecule has 0 saturated heterocycles. The summed E-state index contributed by atoms with van der Waals surface area (Å²) < 4.78 is 2.18. The van der Waals surface area contributed by atoms with Gasteiger partial charge < -0.3 is 5.73 Å². The third-order valence-electron chi connectivity index (χ3n) is 4.87. The van der Waals surface area contributed by atoms with Gasteiger partial charge in [-0.15, -0.1) is 0 Å². The van der Waals surface area contributed by atoms with Crippen LogP contribution in [0, 0.1) is 5.92 Å². The zero-order valence-corrected chi connectivity index (χ0v) is 13.2. The predicted octanol–water partition coefficient (Wildman–Crippen LogP) is 4.08. The lowest BCUT2D eigenvalue weighted by atomic mass is 9.89. The summed E-state index contributed by atoms with van der Waals surface area (Å²) in [6.45, 7) is 4.51. The maximum absolute atomic E-state index is 6.41. The maximum atomic E-state index is 6.41. The first-order valence-corrected chi connectivity index (χ1v) is 8.54. The van der Waals surface area contributed by atoms with Gasteiger partial charge in [0.2, 0.25) is 0 Å². The molecule has 3 heteroatoms. The summed E-state index contributed by atoms with van der Waals surface area (Å²) in [5.41, 5.74) is 7.59. The van der Waals surface area contributed by atoms with Crippen molar-refractivity contribution in [3.05, 3.63) is 18.0 Å². The second-order valence-electron chi connectivity index (χ2n) is 6.40. The van der Waals surface area contributed by atoms with Gasteiger partial charge in [0, 0.05) is 18.7 Å². The molecule has 1 aliphatic carbocycles. The molecular weight excluding hydrogens is 246 g/mol. The summed E-state index contributed by atoms with van der Waals surface area (Å²) in [7, 11) is 0.